The van der Waals surface area contributed by atoms with E-state index < -0.39 is 0 Å². The molecular formula is C29H36ClN5O2. The first-order valence-electron chi connectivity index (χ1n) is 13.4. The van der Waals surface area contributed by atoms with Gasteiger partial charge in [-0.15, -0.1) is 0 Å². The summed E-state index contributed by atoms with van der Waals surface area (Å²) >= 11 is 5.96. The van der Waals surface area contributed by atoms with Crippen LogP contribution in [0.2, 0.25) is 5.02 Å². The number of nitrogens with one attached hydrogen (secondary N) is 1. The van der Waals surface area contributed by atoms with Crippen LogP contribution in [-0.2, 0) is 24.4 Å². The summed E-state index contributed by atoms with van der Waals surface area (Å²) in [6.45, 7) is 8.58. The molecule has 1 amide bonds. The molecule has 1 atom stereocenters. The summed E-state index contributed by atoms with van der Waals surface area (Å²) < 4.78 is 5.45. The van der Waals surface area contributed by atoms with E-state index in [0.29, 0.717) is 29.8 Å². The van der Waals surface area contributed by atoms with Gasteiger partial charge in [0.1, 0.15) is 0 Å². The second-order valence-corrected chi connectivity index (χ2v) is 11.0. The Bertz CT molecular complexity index is 1160. The second-order valence-electron chi connectivity index (χ2n) is 10.6. The number of nitrogens with zero attached hydrogens (tertiary/aromatic N) is 4. The van der Waals surface area contributed by atoms with Crippen LogP contribution in [0.5, 0.6) is 0 Å². The molecule has 0 bridgehead atoms. The first kappa shape index (κ1) is 25.9. The number of piperidine rings is 2. The highest BCUT2D eigenvalue weighted by molar-refractivity contribution is 6.30. The number of carbonyl (C=O) groups excluding carboxylic acids is 1. The van der Waals surface area contributed by atoms with Crippen LogP contribution in [0.3, 0.4) is 0 Å². The maximum Gasteiger partial charge on any atom is 0.241 e. The van der Waals surface area contributed by atoms with Crippen molar-refractivity contribution >= 4 is 17.5 Å². The average molecular weight is 522 g/mol. The molecule has 2 saturated heterocycles. The number of amides is 1. The van der Waals surface area contributed by atoms with Gasteiger partial charge in [-0.25, -0.2) is 0 Å². The molecule has 0 spiro atoms. The molecule has 2 aliphatic heterocycles. The molecule has 1 unspecified atom stereocenters. The minimum Gasteiger partial charge on any atom is -0.352 e. The summed E-state index contributed by atoms with van der Waals surface area (Å²) in [4.78, 5) is 22.1. The van der Waals surface area contributed by atoms with Crippen LogP contribution >= 0.6 is 11.6 Å². The lowest BCUT2D eigenvalue weighted by atomic mass is 9.96. The Hall–Kier alpha value is -2.74. The fourth-order valence-electron chi connectivity index (χ4n) is 5.36. The Morgan fingerprint density at radius 1 is 0.973 bits per heavy atom. The molecule has 3 heterocycles. The van der Waals surface area contributed by atoms with E-state index in [4.69, 9.17) is 16.1 Å². The monoisotopic (exact) mass is 521 g/mol. The molecule has 0 saturated carbocycles. The van der Waals surface area contributed by atoms with E-state index in [2.05, 4.69) is 56.4 Å². The van der Waals surface area contributed by atoms with Crippen molar-refractivity contribution in [1.29, 1.82) is 0 Å². The van der Waals surface area contributed by atoms with Crippen LogP contribution in [0.4, 0.5) is 0 Å². The molecule has 2 aromatic carbocycles. The molecule has 1 aromatic heterocycles. The number of likely N-dealkylation sites (tertiary alicyclic amines) is 2. The first-order valence-corrected chi connectivity index (χ1v) is 13.8. The van der Waals surface area contributed by atoms with Gasteiger partial charge in [-0.1, -0.05) is 47.9 Å². The summed E-state index contributed by atoms with van der Waals surface area (Å²) in [7, 11) is 0. The van der Waals surface area contributed by atoms with Crippen LogP contribution in [0.1, 0.15) is 49.6 Å². The molecule has 1 N–H and O–H groups in total. The van der Waals surface area contributed by atoms with Crippen LogP contribution in [0.25, 0.3) is 11.4 Å². The number of hydrogen-bond acceptors (Lipinski definition) is 6. The molecule has 37 heavy (non-hydrogen) atoms. The zero-order valence-electron chi connectivity index (χ0n) is 21.5. The number of halogens is 1. The summed E-state index contributed by atoms with van der Waals surface area (Å²) in [6, 6.07) is 16.1. The summed E-state index contributed by atoms with van der Waals surface area (Å²) in [5, 5.41) is 7.92. The lowest BCUT2D eigenvalue weighted by Crippen LogP contribution is -2.40. The highest BCUT2D eigenvalue weighted by atomic mass is 35.5. The Morgan fingerprint density at radius 2 is 1.70 bits per heavy atom. The number of rotatable bonds is 8. The molecular weight excluding hydrogens is 486 g/mol. The maximum absolute atomic E-state index is 12.8. The molecule has 0 aliphatic carbocycles. The molecule has 0 radical (unpaired) electrons. The van der Waals surface area contributed by atoms with Crippen molar-refractivity contribution in [2.75, 3.05) is 26.2 Å². The van der Waals surface area contributed by atoms with E-state index in [0.717, 1.165) is 49.5 Å². The van der Waals surface area contributed by atoms with E-state index in [-0.39, 0.29) is 11.8 Å². The van der Waals surface area contributed by atoms with Gasteiger partial charge in [0, 0.05) is 36.1 Å². The number of aromatic nitrogens is 2. The van der Waals surface area contributed by atoms with Crippen molar-refractivity contribution < 1.29 is 9.32 Å². The van der Waals surface area contributed by atoms with Gasteiger partial charge in [0.05, 0.1) is 6.54 Å². The Labute approximate surface area is 224 Å². The molecule has 5 rings (SSSR count). The average Bonchev–Trinajstić information content (AvgIpc) is 3.37. The summed E-state index contributed by atoms with van der Waals surface area (Å²) in [5.74, 6) is 2.14. The smallest absolute Gasteiger partial charge is 0.241 e. The van der Waals surface area contributed by atoms with Gasteiger partial charge in [0.15, 0.2) is 0 Å². The minimum atomic E-state index is 0.0453. The predicted octanol–water partition coefficient (Wildman–Crippen LogP) is 5.15. The lowest BCUT2D eigenvalue weighted by Gasteiger charge is -2.30. The molecule has 196 valence electrons. The second kappa shape index (κ2) is 12.2. The van der Waals surface area contributed by atoms with E-state index in [1.54, 1.807) is 0 Å². The quantitative estimate of drug-likeness (QED) is 0.442. The van der Waals surface area contributed by atoms with Crippen molar-refractivity contribution in [3.05, 3.63) is 70.6 Å². The zero-order chi connectivity index (χ0) is 25.6. The van der Waals surface area contributed by atoms with Gasteiger partial charge in [-0.2, -0.15) is 4.98 Å². The summed E-state index contributed by atoms with van der Waals surface area (Å²) in [5.41, 5.74) is 3.37. The molecule has 2 fully saturated rings. The van der Waals surface area contributed by atoms with E-state index in [9.17, 15) is 4.79 Å². The van der Waals surface area contributed by atoms with E-state index in [1.807, 2.05) is 24.3 Å². The Balaban J connectivity index is 1.03. The number of carbonyl (C=O) groups is 1. The third-order valence-corrected chi connectivity index (χ3v) is 7.78. The number of benzene rings is 2. The first-order chi connectivity index (χ1) is 18.0. The van der Waals surface area contributed by atoms with Crippen LogP contribution in [0.15, 0.2) is 53.1 Å². The highest BCUT2D eigenvalue weighted by Gasteiger charge is 2.26. The van der Waals surface area contributed by atoms with Crippen LogP contribution in [-0.4, -0.2) is 52.0 Å². The SMILES string of the molecule is CC1CCCN(Cc2ccc(CNC(=O)C3CCN(Cc4nc(-c5ccc(Cl)cc5)no4)CC3)cc2)C1. The fraction of sp³-hybridized carbons (Fsp3) is 0.483. The van der Waals surface area contributed by atoms with Crippen molar-refractivity contribution in [3.63, 3.8) is 0 Å². The molecule has 8 heteroatoms. The zero-order valence-corrected chi connectivity index (χ0v) is 22.3. The maximum atomic E-state index is 12.8. The lowest BCUT2D eigenvalue weighted by molar-refractivity contribution is -0.126. The third-order valence-electron chi connectivity index (χ3n) is 7.52. The van der Waals surface area contributed by atoms with Gasteiger partial charge < -0.3 is 9.84 Å². The van der Waals surface area contributed by atoms with Gasteiger partial charge in [-0.05, 0) is 86.6 Å². The minimum absolute atomic E-state index is 0.0453. The van der Waals surface area contributed by atoms with E-state index in [1.165, 1.54) is 31.5 Å². The van der Waals surface area contributed by atoms with Gasteiger partial charge in [0.2, 0.25) is 17.6 Å². The van der Waals surface area contributed by atoms with Crippen LogP contribution in [0, 0.1) is 11.8 Å². The van der Waals surface area contributed by atoms with Gasteiger partial charge in [-0.3, -0.25) is 14.6 Å². The summed E-state index contributed by atoms with van der Waals surface area (Å²) in [6.07, 6.45) is 4.31. The van der Waals surface area contributed by atoms with Crippen LogP contribution < -0.4 is 5.32 Å². The van der Waals surface area contributed by atoms with E-state index >= 15 is 0 Å². The third kappa shape index (κ3) is 7.18. The molecule has 2 aliphatic rings. The topological polar surface area (TPSA) is 74.5 Å². The Morgan fingerprint density at radius 3 is 2.43 bits per heavy atom. The Kier molecular flexibility index (Phi) is 8.54. The van der Waals surface area contributed by atoms with Crippen molar-refractivity contribution in [3.8, 4) is 11.4 Å². The number of hydrogen-bond donors (Lipinski definition) is 1. The molecule has 7 nitrogen and oxygen atoms in total. The highest BCUT2D eigenvalue weighted by Crippen LogP contribution is 2.22. The van der Waals surface area contributed by atoms with Crippen molar-refractivity contribution in [1.82, 2.24) is 25.3 Å². The fourth-order valence-corrected chi connectivity index (χ4v) is 5.49. The predicted molar refractivity (Wildman–Crippen MR) is 145 cm³/mol. The standard InChI is InChI=1S/C29H36ClN5O2/c1-21-3-2-14-35(18-21)19-23-6-4-22(5-7-23)17-31-29(36)25-12-15-34(16-13-25)20-27-32-28(33-37-27)24-8-10-26(30)11-9-24/h4-11,21,25H,2-3,12-20H2,1H3,(H,31,36). The van der Waals surface area contributed by atoms with Gasteiger partial charge >= 0.3 is 0 Å². The molecule has 3 aromatic rings. The van der Waals surface area contributed by atoms with Crippen molar-refractivity contribution in [2.24, 2.45) is 11.8 Å². The van der Waals surface area contributed by atoms with Gasteiger partial charge in [0.25, 0.3) is 0 Å². The van der Waals surface area contributed by atoms with Crippen molar-refractivity contribution in [2.45, 2.75) is 52.2 Å². The largest absolute Gasteiger partial charge is 0.352 e. The normalized spacial score (nSPS) is 19.7.